The minimum absolute atomic E-state index is 0. The number of halogens is 2. The molecule has 0 bridgehead atoms. The molecule has 20 heavy (non-hydrogen) atoms. The SMILES string of the molecule is Cl.Cl.NC1(C(=O)N2CCN(C3CC3)CC2)CCCCC1. The average molecular weight is 324 g/mol. The summed E-state index contributed by atoms with van der Waals surface area (Å²) in [7, 11) is 0. The third-order valence-corrected chi connectivity index (χ3v) is 4.84. The second-order valence-corrected chi connectivity index (χ2v) is 6.28. The van der Waals surface area contributed by atoms with Crippen LogP contribution in [0.3, 0.4) is 0 Å². The molecule has 1 amide bonds. The van der Waals surface area contributed by atoms with Gasteiger partial charge in [0.15, 0.2) is 0 Å². The molecule has 3 fully saturated rings. The number of carbonyl (C=O) groups is 1. The van der Waals surface area contributed by atoms with E-state index in [1.54, 1.807) is 0 Å². The van der Waals surface area contributed by atoms with Gasteiger partial charge in [-0.15, -0.1) is 24.8 Å². The quantitative estimate of drug-likeness (QED) is 0.843. The summed E-state index contributed by atoms with van der Waals surface area (Å²) in [5.74, 6) is 0.220. The lowest BCUT2D eigenvalue weighted by Gasteiger charge is -2.41. The lowest BCUT2D eigenvalue weighted by Crippen LogP contribution is -2.60. The van der Waals surface area contributed by atoms with E-state index in [0.29, 0.717) is 0 Å². The van der Waals surface area contributed by atoms with E-state index in [0.717, 1.165) is 57.9 Å². The lowest BCUT2D eigenvalue weighted by molar-refractivity contribution is -0.140. The van der Waals surface area contributed by atoms with Crippen molar-refractivity contribution in [2.75, 3.05) is 26.2 Å². The summed E-state index contributed by atoms with van der Waals surface area (Å²) < 4.78 is 0. The van der Waals surface area contributed by atoms with Crippen molar-refractivity contribution in [1.29, 1.82) is 0 Å². The highest BCUT2D eigenvalue weighted by atomic mass is 35.5. The number of nitrogens with zero attached hydrogens (tertiary/aromatic N) is 2. The maximum absolute atomic E-state index is 12.5. The first-order valence-electron chi connectivity index (χ1n) is 7.51. The molecular formula is C14H27Cl2N3O. The standard InChI is InChI=1S/C14H25N3O.2ClH/c15-14(6-2-1-3-7-14)13(18)17-10-8-16(9-11-17)12-4-5-12;;/h12H,1-11,15H2;2*1H. The van der Waals surface area contributed by atoms with Gasteiger partial charge in [0.25, 0.3) is 0 Å². The molecule has 1 heterocycles. The predicted octanol–water partition coefficient (Wildman–Crippen LogP) is 1.80. The van der Waals surface area contributed by atoms with Crippen LogP contribution in [0.25, 0.3) is 0 Å². The molecule has 2 aliphatic carbocycles. The van der Waals surface area contributed by atoms with E-state index in [1.807, 2.05) is 4.90 Å². The van der Waals surface area contributed by atoms with Crippen LogP contribution >= 0.6 is 24.8 Å². The molecule has 0 unspecified atom stereocenters. The van der Waals surface area contributed by atoms with Crippen LogP contribution in [0.15, 0.2) is 0 Å². The van der Waals surface area contributed by atoms with E-state index < -0.39 is 5.54 Å². The fourth-order valence-electron chi connectivity index (χ4n) is 3.44. The molecule has 0 aromatic heterocycles. The van der Waals surface area contributed by atoms with Crippen molar-refractivity contribution in [2.24, 2.45) is 5.73 Å². The largest absolute Gasteiger partial charge is 0.339 e. The molecule has 6 heteroatoms. The van der Waals surface area contributed by atoms with Gasteiger partial charge in [0.2, 0.25) is 5.91 Å². The molecule has 118 valence electrons. The van der Waals surface area contributed by atoms with Gasteiger partial charge in [0.1, 0.15) is 0 Å². The van der Waals surface area contributed by atoms with Gasteiger partial charge in [0.05, 0.1) is 5.54 Å². The van der Waals surface area contributed by atoms with Crippen LogP contribution < -0.4 is 5.73 Å². The zero-order valence-corrected chi connectivity index (χ0v) is 13.7. The number of hydrogen-bond donors (Lipinski definition) is 1. The maximum atomic E-state index is 12.5. The summed E-state index contributed by atoms with van der Waals surface area (Å²) in [6.07, 6.45) is 7.95. The van der Waals surface area contributed by atoms with Gasteiger partial charge in [0, 0.05) is 32.2 Å². The van der Waals surface area contributed by atoms with Crippen molar-refractivity contribution in [3.05, 3.63) is 0 Å². The monoisotopic (exact) mass is 323 g/mol. The maximum Gasteiger partial charge on any atom is 0.242 e. The van der Waals surface area contributed by atoms with Crippen LogP contribution in [0, 0.1) is 0 Å². The fourth-order valence-corrected chi connectivity index (χ4v) is 3.44. The Kier molecular flexibility index (Phi) is 6.58. The van der Waals surface area contributed by atoms with E-state index in [2.05, 4.69) is 4.90 Å². The Morgan fingerprint density at radius 1 is 0.950 bits per heavy atom. The average Bonchev–Trinajstić information content (AvgIpc) is 3.23. The molecular weight excluding hydrogens is 297 g/mol. The highest BCUT2D eigenvalue weighted by Crippen LogP contribution is 2.30. The minimum atomic E-state index is -0.542. The van der Waals surface area contributed by atoms with Crippen LogP contribution in [0.4, 0.5) is 0 Å². The number of piperazine rings is 1. The third-order valence-electron chi connectivity index (χ3n) is 4.84. The van der Waals surface area contributed by atoms with Gasteiger partial charge in [-0.1, -0.05) is 19.3 Å². The number of hydrogen-bond acceptors (Lipinski definition) is 3. The molecule has 2 N–H and O–H groups in total. The van der Waals surface area contributed by atoms with Gasteiger partial charge < -0.3 is 10.6 Å². The van der Waals surface area contributed by atoms with Crippen molar-refractivity contribution in [3.63, 3.8) is 0 Å². The Labute approximate surface area is 134 Å². The van der Waals surface area contributed by atoms with E-state index in [1.165, 1.54) is 19.3 Å². The summed E-state index contributed by atoms with van der Waals surface area (Å²) in [5, 5.41) is 0. The van der Waals surface area contributed by atoms with Gasteiger partial charge in [-0.25, -0.2) is 0 Å². The summed E-state index contributed by atoms with van der Waals surface area (Å²) in [6, 6.07) is 0.823. The predicted molar refractivity (Wildman–Crippen MR) is 85.7 cm³/mol. The summed E-state index contributed by atoms with van der Waals surface area (Å²) in [4.78, 5) is 17.1. The fraction of sp³-hybridized carbons (Fsp3) is 0.929. The zero-order chi connectivity index (χ0) is 12.6. The first kappa shape index (κ1) is 18.0. The highest BCUT2D eigenvalue weighted by Gasteiger charge is 2.40. The Bertz CT molecular complexity index is 322. The molecule has 1 saturated heterocycles. The summed E-state index contributed by atoms with van der Waals surface area (Å²) in [6.45, 7) is 3.86. The number of nitrogens with two attached hydrogens (primary N) is 1. The van der Waals surface area contributed by atoms with Gasteiger partial charge in [-0.05, 0) is 25.7 Å². The summed E-state index contributed by atoms with van der Waals surface area (Å²) >= 11 is 0. The lowest BCUT2D eigenvalue weighted by atomic mass is 9.81. The van der Waals surface area contributed by atoms with Gasteiger partial charge in [-0.2, -0.15) is 0 Å². The molecule has 0 radical (unpaired) electrons. The first-order chi connectivity index (χ1) is 8.69. The normalized spacial score (nSPS) is 26.4. The molecule has 0 spiro atoms. The summed E-state index contributed by atoms with van der Waals surface area (Å²) in [5.41, 5.74) is 5.79. The van der Waals surface area contributed by atoms with E-state index in [9.17, 15) is 4.79 Å². The zero-order valence-electron chi connectivity index (χ0n) is 12.1. The minimum Gasteiger partial charge on any atom is -0.339 e. The van der Waals surface area contributed by atoms with Gasteiger partial charge in [-0.3, -0.25) is 9.69 Å². The molecule has 2 saturated carbocycles. The van der Waals surface area contributed by atoms with Crippen molar-refractivity contribution >= 4 is 30.7 Å². The van der Waals surface area contributed by atoms with Gasteiger partial charge >= 0.3 is 0 Å². The van der Waals surface area contributed by atoms with Crippen LogP contribution in [0.1, 0.15) is 44.9 Å². The van der Waals surface area contributed by atoms with Crippen molar-refractivity contribution in [3.8, 4) is 0 Å². The first-order valence-corrected chi connectivity index (χ1v) is 7.51. The van der Waals surface area contributed by atoms with Crippen LogP contribution in [0.2, 0.25) is 0 Å². The molecule has 3 aliphatic rings. The number of rotatable bonds is 2. The number of amides is 1. The molecule has 0 atom stereocenters. The molecule has 0 aromatic carbocycles. The second-order valence-electron chi connectivity index (χ2n) is 6.28. The Balaban J connectivity index is 0.000001000. The van der Waals surface area contributed by atoms with E-state index in [4.69, 9.17) is 5.73 Å². The number of carbonyl (C=O) groups excluding carboxylic acids is 1. The third kappa shape index (κ3) is 3.79. The Morgan fingerprint density at radius 2 is 1.50 bits per heavy atom. The molecule has 4 nitrogen and oxygen atoms in total. The van der Waals surface area contributed by atoms with Crippen molar-refractivity contribution < 1.29 is 4.79 Å². The molecule has 1 aliphatic heterocycles. The van der Waals surface area contributed by atoms with Crippen LogP contribution in [-0.4, -0.2) is 53.5 Å². The van der Waals surface area contributed by atoms with Crippen LogP contribution in [-0.2, 0) is 4.79 Å². The Morgan fingerprint density at radius 3 is 2.00 bits per heavy atom. The van der Waals surface area contributed by atoms with Crippen LogP contribution in [0.5, 0.6) is 0 Å². The second kappa shape index (κ2) is 7.30. The van der Waals surface area contributed by atoms with E-state index >= 15 is 0 Å². The Hall–Kier alpha value is -0.0300. The molecule has 0 aromatic rings. The smallest absolute Gasteiger partial charge is 0.242 e. The topological polar surface area (TPSA) is 49.6 Å². The van der Waals surface area contributed by atoms with Crippen molar-refractivity contribution in [2.45, 2.75) is 56.5 Å². The highest BCUT2D eigenvalue weighted by molar-refractivity contribution is 5.86. The molecule has 3 rings (SSSR count). The van der Waals surface area contributed by atoms with Crippen molar-refractivity contribution in [1.82, 2.24) is 9.80 Å². The van der Waals surface area contributed by atoms with E-state index in [-0.39, 0.29) is 30.7 Å².